The number of aromatic nitrogens is 2. The van der Waals surface area contributed by atoms with Crippen LogP contribution in [0.1, 0.15) is 26.2 Å². The molecule has 2 aliphatic rings. The predicted molar refractivity (Wildman–Crippen MR) is 108 cm³/mol. The zero-order valence-electron chi connectivity index (χ0n) is 16.0. The first-order chi connectivity index (χ1) is 13.6. The van der Waals surface area contributed by atoms with E-state index in [9.17, 15) is 9.90 Å². The summed E-state index contributed by atoms with van der Waals surface area (Å²) in [6, 6.07) is 5.68. The molecule has 0 spiro atoms. The topological polar surface area (TPSA) is 79.4 Å². The molecule has 0 amide bonds. The van der Waals surface area contributed by atoms with E-state index in [0.29, 0.717) is 23.9 Å². The van der Waals surface area contributed by atoms with Crippen LogP contribution in [0.15, 0.2) is 52.9 Å². The summed E-state index contributed by atoms with van der Waals surface area (Å²) in [6.07, 6.45) is 8.55. The molecule has 0 bridgehead atoms. The lowest BCUT2D eigenvalue weighted by atomic mass is 10.0. The Bertz CT molecular complexity index is 981. The first-order valence-corrected chi connectivity index (χ1v) is 9.67. The van der Waals surface area contributed by atoms with E-state index in [4.69, 9.17) is 4.74 Å². The third-order valence-electron chi connectivity index (χ3n) is 5.17. The highest BCUT2D eigenvalue weighted by molar-refractivity contribution is 6.21. The third-order valence-corrected chi connectivity index (χ3v) is 5.17. The van der Waals surface area contributed by atoms with Crippen molar-refractivity contribution in [1.82, 2.24) is 14.5 Å². The summed E-state index contributed by atoms with van der Waals surface area (Å²) in [4.78, 5) is 18.7. The Hall–Kier alpha value is -2.93. The molecule has 1 saturated heterocycles. The van der Waals surface area contributed by atoms with Crippen molar-refractivity contribution in [2.45, 2.75) is 26.2 Å². The zero-order valence-corrected chi connectivity index (χ0v) is 16.0. The predicted octanol–water partition coefficient (Wildman–Crippen LogP) is 3.24. The van der Waals surface area contributed by atoms with Crippen LogP contribution in [0.3, 0.4) is 0 Å². The smallest absolute Gasteiger partial charge is 0.260 e. The molecule has 1 N–H and O–H groups in total. The first kappa shape index (κ1) is 18.4. The van der Waals surface area contributed by atoms with Crippen LogP contribution in [0, 0.1) is 0 Å². The molecule has 28 heavy (non-hydrogen) atoms. The van der Waals surface area contributed by atoms with E-state index in [1.165, 1.54) is 31.4 Å². The second-order valence-electron chi connectivity index (χ2n) is 7.10. The highest BCUT2D eigenvalue weighted by Crippen LogP contribution is 2.33. The second kappa shape index (κ2) is 7.98. The fourth-order valence-electron chi connectivity index (χ4n) is 3.50. The van der Waals surface area contributed by atoms with Crippen LogP contribution in [0.4, 0.5) is 5.69 Å². The van der Waals surface area contributed by atoms with Crippen LogP contribution in [0.5, 0.6) is 5.88 Å². The van der Waals surface area contributed by atoms with E-state index in [1.807, 2.05) is 24.4 Å². The van der Waals surface area contributed by atoms with Crippen molar-refractivity contribution >= 4 is 22.7 Å². The molecular weight excluding hydrogens is 356 g/mol. The average molecular weight is 380 g/mol. The fraction of sp³-hybridized carbons (Fsp3) is 0.381. The van der Waals surface area contributed by atoms with Gasteiger partial charge in [-0.05, 0) is 57.1 Å². The molecule has 146 valence electrons. The lowest BCUT2D eigenvalue weighted by Crippen LogP contribution is -2.33. The summed E-state index contributed by atoms with van der Waals surface area (Å²) in [6.45, 7) is 5.18. The van der Waals surface area contributed by atoms with E-state index in [2.05, 4.69) is 15.0 Å². The zero-order chi connectivity index (χ0) is 19.5. The second-order valence-corrected chi connectivity index (χ2v) is 7.10. The Morgan fingerprint density at radius 1 is 1.21 bits per heavy atom. The number of aliphatic hydroxyl groups excluding tert-OH is 1. The molecule has 0 saturated carbocycles. The monoisotopic (exact) mass is 380 g/mol. The summed E-state index contributed by atoms with van der Waals surface area (Å²) in [5.74, 6) is 0.0998. The standard InChI is InChI=1S/C21H24N4O3/c1-15-18(26)9-8-16(20(15)27)22-19-17-7-3-6-12-25(17)23-21(19)28-14-13-24-10-4-2-5-11-24/h3,6-9,12,27H,2,4-5,10-11,13-14H2,1H3. The molecule has 2 aromatic heterocycles. The van der Waals surface area contributed by atoms with Crippen LogP contribution in [-0.4, -0.2) is 57.4 Å². The number of ketones is 1. The number of fused-ring (bicyclic) bond motifs is 1. The van der Waals surface area contributed by atoms with Gasteiger partial charge in [-0.2, -0.15) is 0 Å². The Balaban J connectivity index is 1.61. The summed E-state index contributed by atoms with van der Waals surface area (Å²) in [5, 5.41) is 14.8. The Labute approximate surface area is 163 Å². The van der Waals surface area contributed by atoms with Gasteiger partial charge in [0.2, 0.25) is 0 Å². The molecule has 1 fully saturated rings. The minimum Gasteiger partial charge on any atom is -0.505 e. The number of rotatable bonds is 5. The van der Waals surface area contributed by atoms with Gasteiger partial charge in [0.25, 0.3) is 5.88 Å². The van der Waals surface area contributed by atoms with Gasteiger partial charge in [0.15, 0.2) is 11.5 Å². The maximum atomic E-state index is 11.7. The molecule has 4 rings (SSSR count). The van der Waals surface area contributed by atoms with E-state index >= 15 is 0 Å². The summed E-state index contributed by atoms with van der Waals surface area (Å²) in [7, 11) is 0. The molecule has 0 unspecified atom stereocenters. The molecule has 0 atom stereocenters. The number of allylic oxidation sites excluding steroid dienone is 3. The molecule has 3 heterocycles. The van der Waals surface area contributed by atoms with E-state index in [1.54, 1.807) is 11.4 Å². The van der Waals surface area contributed by atoms with Crippen LogP contribution < -0.4 is 4.74 Å². The Morgan fingerprint density at radius 2 is 2.04 bits per heavy atom. The fourth-order valence-corrected chi connectivity index (χ4v) is 3.50. The van der Waals surface area contributed by atoms with Gasteiger partial charge in [-0.25, -0.2) is 9.51 Å². The van der Waals surface area contributed by atoms with Crippen molar-refractivity contribution in [1.29, 1.82) is 0 Å². The van der Waals surface area contributed by atoms with Crippen molar-refractivity contribution < 1.29 is 14.6 Å². The maximum absolute atomic E-state index is 11.7. The van der Waals surface area contributed by atoms with Gasteiger partial charge in [-0.3, -0.25) is 9.69 Å². The molecule has 7 heteroatoms. The first-order valence-electron chi connectivity index (χ1n) is 9.67. The number of hydrogen-bond acceptors (Lipinski definition) is 6. The largest absolute Gasteiger partial charge is 0.505 e. The number of hydrogen-bond donors (Lipinski definition) is 1. The SMILES string of the molecule is CC1=C(O)C(=Nc2c(OCCN3CCCCC3)nn3ccccc23)C=CC1=O. The Morgan fingerprint density at radius 3 is 2.86 bits per heavy atom. The number of carbonyl (C=O) groups is 1. The third kappa shape index (κ3) is 3.71. The average Bonchev–Trinajstić information content (AvgIpc) is 3.06. The molecule has 0 radical (unpaired) electrons. The number of piperidine rings is 1. The van der Waals surface area contributed by atoms with Crippen LogP contribution in [0.2, 0.25) is 0 Å². The Kier molecular flexibility index (Phi) is 5.25. The lowest BCUT2D eigenvalue weighted by Gasteiger charge is -2.25. The number of carbonyl (C=O) groups excluding carboxylic acids is 1. The molecule has 1 aliphatic carbocycles. The van der Waals surface area contributed by atoms with Crippen LogP contribution in [0.25, 0.3) is 5.52 Å². The van der Waals surface area contributed by atoms with Crippen molar-refractivity contribution in [2.75, 3.05) is 26.2 Å². The molecule has 2 aromatic rings. The van der Waals surface area contributed by atoms with Gasteiger partial charge in [-0.1, -0.05) is 12.5 Å². The summed E-state index contributed by atoms with van der Waals surface area (Å²) >= 11 is 0. The molecule has 1 aliphatic heterocycles. The summed E-state index contributed by atoms with van der Waals surface area (Å²) in [5.41, 5.74) is 1.94. The number of ether oxygens (including phenoxy) is 1. The van der Waals surface area contributed by atoms with Crippen molar-refractivity contribution in [3.05, 3.63) is 47.9 Å². The van der Waals surface area contributed by atoms with Gasteiger partial charge < -0.3 is 9.84 Å². The number of nitrogens with zero attached hydrogens (tertiary/aromatic N) is 4. The number of pyridine rings is 1. The van der Waals surface area contributed by atoms with Gasteiger partial charge >= 0.3 is 0 Å². The summed E-state index contributed by atoms with van der Waals surface area (Å²) < 4.78 is 7.69. The van der Waals surface area contributed by atoms with Crippen LogP contribution >= 0.6 is 0 Å². The minimum atomic E-state index is -0.214. The minimum absolute atomic E-state index is 0.109. The van der Waals surface area contributed by atoms with Gasteiger partial charge in [0.05, 0.1) is 5.52 Å². The van der Waals surface area contributed by atoms with E-state index in [0.717, 1.165) is 25.2 Å². The van der Waals surface area contributed by atoms with E-state index < -0.39 is 0 Å². The number of aliphatic hydroxyl groups is 1. The van der Waals surface area contributed by atoms with Crippen LogP contribution in [-0.2, 0) is 4.79 Å². The number of aliphatic imine (C=N–C) groups is 1. The van der Waals surface area contributed by atoms with E-state index in [-0.39, 0.29) is 17.1 Å². The maximum Gasteiger partial charge on any atom is 0.260 e. The molecule has 0 aromatic carbocycles. The lowest BCUT2D eigenvalue weighted by molar-refractivity contribution is -0.111. The quantitative estimate of drug-likeness (QED) is 0.806. The van der Waals surface area contributed by atoms with Crippen molar-refractivity contribution in [3.63, 3.8) is 0 Å². The highest BCUT2D eigenvalue weighted by Gasteiger charge is 2.20. The molecular formula is C21H24N4O3. The van der Waals surface area contributed by atoms with Gasteiger partial charge in [-0.15, -0.1) is 5.10 Å². The van der Waals surface area contributed by atoms with Gasteiger partial charge in [0.1, 0.15) is 18.1 Å². The van der Waals surface area contributed by atoms with Crippen molar-refractivity contribution in [3.8, 4) is 5.88 Å². The number of likely N-dealkylation sites (tertiary alicyclic amines) is 1. The highest BCUT2D eigenvalue weighted by atomic mass is 16.5. The normalized spacial score (nSPS) is 19.8. The van der Waals surface area contributed by atoms with Gasteiger partial charge in [0, 0.05) is 18.3 Å². The molecule has 7 nitrogen and oxygen atoms in total. The van der Waals surface area contributed by atoms with Crippen molar-refractivity contribution in [2.24, 2.45) is 4.99 Å².